The summed E-state index contributed by atoms with van der Waals surface area (Å²) in [6.45, 7) is 12.0. The summed E-state index contributed by atoms with van der Waals surface area (Å²) < 4.78 is 6.34. The van der Waals surface area contributed by atoms with Gasteiger partial charge in [-0.1, -0.05) is 45.9 Å². The van der Waals surface area contributed by atoms with Crippen LogP contribution in [0.4, 0.5) is 5.69 Å². The fraction of sp³-hybridized carbons (Fsp3) is 0.700. The van der Waals surface area contributed by atoms with Crippen molar-refractivity contribution in [1.82, 2.24) is 4.90 Å². The van der Waals surface area contributed by atoms with Crippen molar-refractivity contribution in [2.75, 3.05) is 24.7 Å². The van der Waals surface area contributed by atoms with Gasteiger partial charge in [0.15, 0.2) is 5.90 Å². The minimum atomic E-state index is 0.307. The topological polar surface area (TPSA) is 28.1 Å². The fourth-order valence-electron chi connectivity index (χ4n) is 8.14. The van der Waals surface area contributed by atoms with Gasteiger partial charge < -0.3 is 14.5 Å². The maximum atomic E-state index is 6.34. The Morgan fingerprint density at radius 2 is 1.56 bits per heavy atom. The highest BCUT2D eigenvalue weighted by Crippen LogP contribution is 2.61. The van der Waals surface area contributed by atoms with Crippen LogP contribution in [-0.2, 0) is 4.74 Å². The van der Waals surface area contributed by atoms with E-state index in [4.69, 9.17) is 9.73 Å². The van der Waals surface area contributed by atoms with E-state index in [1.165, 1.54) is 55.3 Å². The highest BCUT2D eigenvalue weighted by molar-refractivity contribution is 5.84. The first-order chi connectivity index (χ1) is 16.4. The van der Waals surface area contributed by atoms with Crippen LogP contribution in [0.25, 0.3) is 0 Å². The fourth-order valence-corrected chi connectivity index (χ4v) is 8.14. The summed E-state index contributed by atoms with van der Waals surface area (Å²) >= 11 is 0. The van der Waals surface area contributed by atoms with E-state index in [-0.39, 0.29) is 0 Å². The minimum Gasteiger partial charge on any atom is -0.478 e. The Labute approximate surface area is 206 Å². The summed E-state index contributed by atoms with van der Waals surface area (Å²) in [5, 5.41) is 0. The van der Waals surface area contributed by atoms with Crippen molar-refractivity contribution < 1.29 is 4.74 Å². The molecule has 0 aromatic heterocycles. The average molecular weight is 462 g/mol. The van der Waals surface area contributed by atoms with Crippen molar-refractivity contribution in [3.63, 3.8) is 0 Å². The molecular formula is C30H43N3O. The van der Waals surface area contributed by atoms with E-state index in [2.05, 4.69) is 68.1 Å². The second kappa shape index (κ2) is 8.60. The molecular weight excluding hydrogens is 418 g/mol. The van der Waals surface area contributed by atoms with E-state index in [1.54, 1.807) is 0 Å². The number of nitrogens with zero attached hydrogens (tertiary/aromatic N) is 3. The normalized spacial score (nSPS) is 34.0. The zero-order chi connectivity index (χ0) is 23.4. The third kappa shape index (κ3) is 3.95. The first-order valence-corrected chi connectivity index (χ1v) is 13.9. The van der Waals surface area contributed by atoms with Gasteiger partial charge in [0.2, 0.25) is 0 Å². The molecule has 0 amide bonds. The summed E-state index contributed by atoms with van der Waals surface area (Å²) in [5.74, 6) is 5.03. The van der Waals surface area contributed by atoms with Crippen LogP contribution in [0.15, 0.2) is 35.6 Å². The van der Waals surface area contributed by atoms with Crippen LogP contribution in [0.2, 0.25) is 0 Å². The lowest BCUT2D eigenvalue weighted by Gasteiger charge is -2.56. The van der Waals surface area contributed by atoms with E-state index in [1.807, 2.05) is 0 Å². The number of anilines is 1. The van der Waals surface area contributed by atoms with E-state index >= 15 is 0 Å². The molecule has 4 heteroatoms. The lowest BCUT2D eigenvalue weighted by Crippen LogP contribution is -2.50. The number of rotatable bonds is 7. The molecule has 2 heterocycles. The summed E-state index contributed by atoms with van der Waals surface area (Å²) in [7, 11) is 0. The number of para-hydroxylation sites is 1. The lowest BCUT2D eigenvalue weighted by atomic mass is 9.49. The molecule has 6 aliphatic rings. The predicted octanol–water partition coefficient (Wildman–Crippen LogP) is 6.89. The first kappa shape index (κ1) is 22.5. The Morgan fingerprint density at radius 3 is 2.15 bits per heavy atom. The predicted molar refractivity (Wildman–Crippen MR) is 140 cm³/mol. The zero-order valence-electron chi connectivity index (χ0n) is 21.7. The van der Waals surface area contributed by atoms with Crippen molar-refractivity contribution in [2.45, 2.75) is 90.5 Å². The van der Waals surface area contributed by atoms with E-state index < -0.39 is 0 Å². The largest absolute Gasteiger partial charge is 0.478 e. The molecule has 184 valence electrons. The average Bonchev–Trinajstić information content (AvgIpc) is 3.46. The van der Waals surface area contributed by atoms with Crippen LogP contribution in [0.1, 0.15) is 95.6 Å². The van der Waals surface area contributed by atoms with Gasteiger partial charge in [-0.15, -0.1) is 0 Å². The zero-order valence-corrected chi connectivity index (χ0v) is 21.7. The third-order valence-corrected chi connectivity index (χ3v) is 9.37. The number of ether oxygens (including phenoxy) is 1. The molecule has 1 atom stereocenters. The van der Waals surface area contributed by atoms with Gasteiger partial charge in [0.1, 0.15) is 6.61 Å². The Hall–Kier alpha value is -1.97. The van der Waals surface area contributed by atoms with Gasteiger partial charge in [-0.05, 0) is 85.7 Å². The molecule has 4 nitrogen and oxygen atoms in total. The molecule has 2 aliphatic heterocycles. The van der Waals surface area contributed by atoms with Crippen molar-refractivity contribution in [1.29, 1.82) is 0 Å². The van der Waals surface area contributed by atoms with Crippen molar-refractivity contribution in [2.24, 2.45) is 28.2 Å². The van der Waals surface area contributed by atoms with Gasteiger partial charge in [0.05, 0.1) is 12.7 Å². The Morgan fingerprint density at radius 1 is 0.941 bits per heavy atom. The molecule has 0 saturated heterocycles. The van der Waals surface area contributed by atoms with Crippen LogP contribution in [-0.4, -0.2) is 36.7 Å². The van der Waals surface area contributed by atoms with Crippen molar-refractivity contribution in [3.8, 4) is 0 Å². The summed E-state index contributed by atoms with van der Waals surface area (Å²) in [5.41, 5.74) is 4.62. The van der Waals surface area contributed by atoms with E-state index in [0.29, 0.717) is 23.3 Å². The van der Waals surface area contributed by atoms with Gasteiger partial charge in [-0.25, -0.2) is 4.99 Å². The molecule has 1 aromatic rings. The molecule has 4 fully saturated rings. The number of hydrogen-bond acceptors (Lipinski definition) is 4. The van der Waals surface area contributed by atoms with Crippen LogP contribution >= 0.6 is 0 Å². The summed E-state index contributed by atoms with van der Waals surface area (Å²) in [4.78, 5) is 10.1. The monoisotopic (exact) mass is 461 g/mol. The maximum Gasteiger partial charge on any atom is 0.190 e. The van der Waals surface area contributed by atoms with Gasteiger partial charge in [0.25, 0.3) is 0 Å². The smallest absolute Gasteiger partial charge is 0.190 e. The molecule has 0 N–H and O–H groups in total. The SMILES string of the molecule is CC(C)c1cccc(C(C)C)c1N1C=CN(CC[C@H]2COC(C34CC5CC(CC(C5)C3)C4)=N2)C1. The highest BCUT2D eigenvalue weighted by Gasteiger charge is 2.55. The number of aliphatic imine (C=N–C) groups is 1. The van der Waals surface area contributed by atoms with Gasteiger partial charge in [0, 0.05) is 30.0 Å². The lowest BCUT2D eigenvalue weighted by molar-refractivity contribution is -0.0226. The second-order valence-electron chi connectivity index (χ2n) is 12.7. The summed E-state index contributed by atoms with van der Waals surface area (Å²) in [6.07, 6.45) is 14.1. The Balaban J connectivity index is 1.09. The van der Waals surface area contributed by atoms with Crippen molar-refractivity contribution >= 4 is 11.6 Å². The number of benzene rings is 1. The van der Waals surface area contributed by atoms with Gasteiger partial charge in [-0.3, -0.25) is 0 Å². The minimum absolute atomic E-state index is 0.307. The third-order valence-electron chi connectivity index (χ3n) is 9.37. The standard InChI is InChI=1S/C30H43N3O/c1-20(2)26-6-5-7-27(21(3)4)28(26)33-11-10-32(19-33)9-8-25-18-34-29(31-25)30-15-22-12-23(16-30)14-24(13-22)17-30/h5-7,10-11,20-25H,8-9,12-19H2,1-4H3/t22?,23?,24?,25-,30?/m0/s1. The van der Waals surface area contributed by atoms with Crippen LogP contribution in [0, 0.1) is 23.2 Å². The molecule has 4 bridgehead atoms. The van der Waals surface area contributed by atoms with Gasteiger partial charge in [-0.2, -0.15) is 0 Å². The molecule has 4 aliphatic carbocycles. The molecule has 0 unspecified atom stereocenters. The molecule has 0 spiro atoms. The Kier molecular flexibility index (Phi) is 5.69. The second-order valence-corrected chi connectivity index (χ2v) is 12.7. The van der Waals surface area contributed by atoms with Gasteiger partial charge >= 0.3 is 0 Å². The maximum absolute atomic E-state index is 6.34. The Bertz CT molecular complexity index is 916. The van der Waals surface area contributed by atoms with Crippen LogP contribution < -0.4 is 4.90 Å². The molecule has 7 rings (SSSR count). The molecule has 0 radical (unpaired) electrons. The first-order valence-electron chi connectivity index (χ1n) is 13.9. The highest BCUT2D eigenvalue weighted by atomic mass is 16.5. The molecule has 34 heavy (non-hydrogen) atoms. The molecule has 4 saturated carbocycles. The quantitative estimate of drug-likeness (QED) is 0.443. The van der Waals surface area contributed by atoms with Crippen LogP contribution in [0.5, 0.6) is 0 Å². The number of hydrogen-bond donors (Lipinski definition) is 0. The van der Waals surface area contributed by atoms with E-state index in [9.17, 15) is 0 Å². The van der Waals surface area contributed by atoms with Crippen molar-refractivity contribution in [3.05, 3.63) is 41.7 Å². The summed E-state index contributed by atoms with van der Waals surface area (Å²) in [6, 6.07) is 7.17. The van der Waals surface area contributed by atoms with Crippen LogP contribution in [0.3, 0.4) is 0 Å². The van der Waals surface area contributed by atoms with E-state index in [0.717, 1.165) is 49.9 Å². The molecule has 1 aromatic carbocycles.